The lowest BCUT2D eigenvalue weighted by Gasteiger charge is -2.22. The summed E-state index contributed by atoms with van der Waals surface area (Å²) >= 11 is 5.52. The topological polar surface area (TPSA) is 20.7 Å². The summed E-state index contributed by atoms with van der Waals surface area (Å²) in [5.41, 5.74) is 3.77. The Bertz CT molecular complexity index is 682. The zero-order chi connectivity index (χ0) is 13.0. The molecular formula is C16H20N2S. The third-order valence-electron chi connectivity index (χ3n) is 5.23. The number of hydrogen-bond acceptors (Lipinski definition) is 1. The van der Waals surface area contributed by atoms with Gasteiger partial charge in [0.05, 0.1) is 11.0 Å². The number of hydrogen-bond donors (Lipinski definition) is 1. The normalized spacial score (nSPS) is 29.4. The van der Waals surface area contributed by atoms with Crippen molar-refractivity contribution in [1.29, 1.82) is 0 Å². The lowest BCUT2D eigenvalue weighted by Crippen LogP contribution is -2.17. The highest BCUT2D eigenvalue weighted by molar-refractivity contribution is 7.71. The van der Waals surface area contributed by atoms with Crippen LogP contribution >= 0.6 is 12.2 Å². The molecule has 2 aromatic rings. The van der Waals surface area contributed by atoms with E-state index < -0.39 is 0 Å². The fourth-order valence-electron chi connectivity index (χ4n) is 4.28. The van der Waals surface area contributed by atoms with Gasteiger partial charge in [0.25, 0.3) is 0 Å². The van der Waals surface area contributed by atoms with Crippen LogP contribution in [0.5, 0.6) is 0 Å². The highest BCUT2D eigenvalue weighted by Gasteiger charge is 2.39. The standard InChI is InChI=1S/C16H20N2S/c1-10-2-5-14-15(6-10)18(16(19)17-14)9-13-8-11-3-4-12(13)7-11/h2,5-6,11-13H,3-4,7-9H2,1H3,(H,17,19). The van der Waals surface area contributed by atoms with Gasteiger partial charge in [-0.15, -0.1) is 0 Å². The highest BCUT2D eigenvalue weighted by Crippen LogP contribution is 2.49. The second-order valence-electron chi connectivity index (χ2n) is 6.50. The predicted molar refractivity (Wildman–Crippen MR) is 80.8 cm³/mol. The monoisotopic (exact) mass is 272 g/mol. The summed E-state index contributed by atoms with van der Waals surface area (Å²) in [6, 6.07) is 6.56. The zero-order valence-electron chi connectivity index (χ0n) is 11.4. The van der Waals surface area contributed by atoms with Gasteiger partial charge in [0, 0.05) is 6.54 Å². The molecule has 2 fully saturated rings. The van der Waals surface area contributed by atoms with Gasteiger partial charge in [-0.05, 0) is 73.9 Å². The third-order valence-corrected chi connectivity index (χ3v) is 5.55. The van der Waals surface area contributed by atoms with Crippen LogP contribution in [0.15, 0.2) is 18.2 Å². The number of nitrogens with one attached hydrogen (secondary N) is 1. The molecule has 2 aliphatic rings. The highest BCUT2D eigenvalue weighted by atomic mass is 32.1. The Hall–Kier alpha value is -1.09. The Balaban J connectivity index is 1.72. The lowest BCUT2D eigenvalue weighted by molar-refractivity contribution is 0.297. The Kier molecular flexibility index (Phi) is 2.59. The average Bonchev–Trinajstić information content (AvgIpc) is 3.06. The molecule has 19 heavy (non-hydrogen) atoms. The minimum absolute atomic E-state index is 0.852. The molecule has 1 N–H and O–H groups in total. The first-order chi connectivity index (χ1) is 9.20. The number of H-pyrrole nitrogens is 1. The summed E-state index contributed by atoms with van der Waals surface area (Å²) in [5.74, 6) is 2.82. The number of nitrogens with zero attached hydrogens (tertiary/aromatic N) is 1. The Labute approximate surface area is 118 Å². The molecule has 1 aromatic carbocycles. The largest absolute Gasteiger partial charge is 0.331 e. The van der Waals surface area contributed by atoms with Gasteiger partial charge in [0.1, 0.15) is 0 Å². The van der Waals surface area contributed by atoms with Gasteiger partial charge in [-0.25, -0.2) is 0 Å². The summed E-state index contributed by atoms with van der Waals surface area (Å²) in [5, 5.41) is 0. The molecule has 1 aromatic heterocycles. The Morgan fingerprint density at radius 2 is 2.21 bits per heavy atom. The summed E-state index contributed by atoms with van der Waals surface area (Å²) < 4.78 is 3.23. The second kappa shape index (κ2) is 4.20. The molecule has 2 aliphatic carbocycles. The summed E-state index contributed by atoms with van der Waals surface area (Å²) in [6.07, 6.45) is 5.81. The van der Waals surface area contributed by atoms with E-state index in [4.69, 9.17) is 12.2 Å². The van der Waals surface area contributed by atoms with Gasteiger partial charge < -0.3 is 9.55 Å². The zero-order valence-corrected chi connectivity index (χ0v) is 12.2. The van der Waals surface area contributed by atoms with Crippen LogP contribution in [0.2, 0.25) is 0 Å². The molecule has 1 heterocycles. The smallest absolute Gasteiger partial charge is 0.178 e. The molecule has 2 saturated carbocycles. The number of aryl methyl sites for hydroxylation is 1. The van der Waals surface area contributed by atoms with Crippen molar-refractivity contribution < 1.29 is 0 Å². The number of rotatable bonds is 2. The summed E-state index contributed by atoms with van der Waals surface area (Å²) in [7, 11) is 0. The third kappa shape index (κ3) is 1.86. The first kappa shape index (κ1) is 11.7. The van der Waals surface area contributed by atoms with Crippen LogP contribution in [-0.4, -0.2) is 9.55 Å². The second-order valence-corrected chi connectivity index (χ2v) is 6.88. The molecule has 3 unspecified atom stereocenters. The van der Waals surface area contributed by atoms with Crippen molar-refractivity contribution in [2.24, 2.45) is 17.8 Å². The number of imidazole rings is 1. The van der Waals surface area contributed by atoms with Crippen molar-refractivity contribution in [2.75, 3.05) is 0 Å². The summed E-state index contributed by atoms with van der Waals surface area (Å²) in [6.45, 7) is 3.26. The van der Waals surface area contributed by atoms with E-state index in [-0.39, 0.29) is 0 Å². The van der Waals surface area contributed by atoms with Gasteiger partial charge in [0.15, 0.2) is 4.77 Å². The lowest BCUT2D eigenvalue weighted by atomic mass is 9.89. The maximum absolute atomic E-state index is 5.52. The van der Waals surface area contributed by atoms with E-state index in [2.05, 4.69) is 34.7 Å². The predicted octanol–water partition coefficient (Wildman–Crippen LogP) is 4.44. The van der Waals surface area contributed by atoms with E-state index in [1.165, 1.54) is 42.3 Å². The quantitative estimate of drug-likeness (QED) is 0.801. The maximum Gasteiger partial charge on any atom is 0.178 e. The van der Waals surface area contributed by atoms with E-state index >= 15 is 0 Å². The molecule has 2 bridgehead atoms. The number of aromatic amines is 1. The molecular weight excluding hydrogens is 252 g/mol. The summed E-state index contributed by atoms with van der Waals surface area (Å²) in [4.78, 5) is 3.35. The number of aromatic nitrogens is 2. The molecule has 100 valence electrons. The van der Waals surface area contributed by atoms with Gasteiger partial charge >= 0.3 is 0 Å². The van der Waals surface area contributed by atoms with E-state index in [0.717, 1.165) is 29.1 Å². The van der Waals surface area contributed by atoms with Gasteiger partial charge in [0.2, 0.25) is 0 Å². The SMILES string of the molecule is Cc1ccc2[nH]c(=S)n(CC3CC4CCC3C4)c2c1. The molecule has 4 rings (SSSR count). The van der Waals surface area contributed by atoms with Crippen LogP contribution in [0.4, 0.5) is 0 Å². The van der Waals surface area contributed by atoms with Crippen LogP contribution in [-0.2, 0) is 6.54 Å². The van der Waals surface area contributed by atoms with Crippen molar-refractivity contribution in [3.05, 3.63) is 28.5 Å². The molecule has 0 aliphatic heterocycles. The first-order valence-electron chi connectivity index (χ1n) is 7.40. The molecule has 3 heteroatoms. The van der Waals surface area contributed by atoms with Crippen molar-refractivity contribution in [3.8, 4) is 0 Å². The van der Waals surface area contributed by atoms with Crippen molar-refractivity contribution in [1.82, 2.24) is 9.55 Å². The van der Waals surface area contributed by atoms with E-state index in [1.54, 1.807) is 0 Å². The molecule has 0 spiro atoms. The maximum atomic E-state index is 5.52. The van der Waals surface area contributed by atoms with Gasteiger partial charge in [-0.1, -0.05) is 12.5 Å². The Morgan fingerprint density at radius 3 is 2.95 bits per heavy atom. The van der Waals surface area contributed by atoms with Crippen molar-refractivity contribution >= 4 is 23.3 Å². The minimum atomic E-state index is 0.852. The van der Waals surface area contributed by atoms with Crippen LogP contribution in [0.1, 0.15) is 31.2 Å². The molecule has 3 atom stereocenters. The molecule has 2 nitrogen and oxygen atoms in total. The van der Waals surface area contributed by atoms with Crippen molar-refractivity contribution in [2.45, 2.75) is 39.2 Å². The van der Waals surface area contributed by atoms with E-state index in [9.17, 15) is 0 Å². The fourth-order valence-corrected chi connectivity index (χ4v) is 4.56. The van der Waals surface area contributed by atoms with Gasteiger partial charge in [-0.3, -0.25) is 0 Å². The average molecular weight is 272 g/mol. The van der Waals surface area contributed by atoms with Crippen LogP contribution < -0.4 is 0 Å². The van der Waals surface area contributed by atoms with Crippen molar-refractivity contribution in [3.63, 3.8) is 0 Å². The van der Waals surface area contributed by atoms with Crippen LogP contribution in [0, 0.1) is 29.4 Å². The minimum Gasteiger partial charge on any atom is -0.331 e. The molecule has 0 saturated heterocycles. The molecule has 0 radical (unpaired) electrons. The van der Waals surface area contributed by atoms with Crippen LogP contribution in [0.25, 0.3) is 11.0 Å². The number of benzene rings is 1. The fraction of sp³-hybridized carbons (Fsp3) is 0.562. The number of fused-ring (bicyclic) bond motifs is 3. The van der Waals surface area contributed by atoms with E-state index in [1.807, 2.05) is 0 Å². The van der Waals surface area contributed by atoms with Gasteiger partial charge in [-0.2, -0.15) is 0 Å². The first-order valence-corrected chi connectivity index (χ1v) is 7.80. The molecule has 0 amide bonds. The Morgan fingerprint density at radius 1 is 1.32 bits per heavy atom. The van der Waals surface area contributed by atoms with E-state index in [0.29, 0.717) is 0 Å². The van der Waals surface area contributed by atoms with Crippen LogP contribution in [0.3, 0.4) is 0 Å².